The van der Waals surface area contributed by atoms with Gasteiger partial charge in [-0.15, -0.1) is 11.3 Å². The van der Waals surface area contributed by atoms with Crippen molar-refractivity contribution >= 4 is 28.2 Å². The maximum atomic E-state index is 13.2. The standard InChI is InChI=1S/C27H31N3O3S/c1-15-14-29-26(34-15)30-24(33)5-3-4-16-12-23(32)27(2)11-10-19-17-8-9-22(31)21(13-28)18(17)6-7-20(19)25(16)27/h8-9,14,16,19-20,25,31H,3-7,10-12H2,1-2H3,(H,29,30,33)/t16-,19?,20?,25?,27-/m1/s1. The summed E-state index contributed by atoms with van der Waals surface area (Å²) in [6, 6.07) is 5.86. The number of ketones is 1. The molecule has 0 bridgehead atoms. The van der Waals surface area contributed by atoms with Gasteiger partial charge in [0.15, 0.2) is 5.13 Å². The summed E-state index contributed by atoms with van der Waals surface area (Å²) in [5, 5.41) is 23.3. The number of hydrogen-bond donors (Lipinski definition) is 2. The van der Waals surface area contributed by atoms with Crippen LogP contribution in [0.3, 0.4) is 0 Å². The zero-order valence-electron chi connectivity index (χ0n) is 19.8. The number of anilines is 1. The van der Waals surface area contributed by atoms with Gasteiger partial charge in [0.2, 0.25) is 5.91 Å². The number of rotatable bonds is 5. The van der Waals surface area contributed by atoms with Crippen molar-refractivity contribution < 1.29 is 14.7 Å². The average molecular weight is 478 g/mol. The summed E-state index contributed by atoms with van der Waals surface area (Å²) in [6.07, 6.45) is 8.01. The van der Waals surface area contributed by atoms with E-state index in [1.54, 1.807) is 12.3 Å². The SMILES string of the molecule is Cc1cnc(NC(=O)CCC[C@@H]2CC(=O)[C@@]3(C)CCC4c5ccc(O)c(C#N)c5CCC4C23)s1. The number of Topliss-reactive ketones (excluding diaryl/α,β-unsaturated/α-hetero) is 1. The van der Waals surface area contributed by atoms with Crippen LogP contribution in [-0.2, 0) is 16.0 Å². The first-order chi connectivity index (χ1) is 16.3. The second kappa shape index (κ2) is 8.81. The highest BCUT2D eigenvalue weighted by atomic mass is 32.1. The van der Waals surface area contributed by atoms with Gasteiger partial charge in [0.1, 0.15) is 17.6 Å². The number of nitrogens with one attached hydrogen (secondary N) is 1. The number of phenolic OH excluding ortho intramolecular Hbond substituents is 1. The highest BCUT2D eigenvalue weighted by Gasteiger charge is 2.58. The second-order valence-electron chi connectivity index (χ2n) is 10.5. The summed E-state index contributed by atoms with van der Waals surface area (Å²) in [5.41, 5.74) is 2.34. The normalized spacial score (nSPS) is 29.6. The Balaban J connectivity index is 1.31. The van der Waals surface area contributed by atoms with Crippen molar-refractivity contribution in [3.63, 3.8) is 0 Å². The van der Waals surface area contributed by atoms with Crippen molar-refractivity contribution in [2.45, 2.75) is 71.1 Å². The summed E-state index contributed by atoms with van der Waals surface area (Å²) in [7, 11) is 0. The fourth-order valence-corrected chi connectivity index (χ4v) is 7.90. The first-order valence-electron chi connectivity index (χ1n) is 12.3. The number of aromatic hydroxyl groups is 1. The highest BCUT2D eigenvalue weighted by Crippen LogP contribution is 2.62. The number of amides is 1. The summed E-state index contributed by atoms with van der Waals surface area (Å²) in [4.78, 5) is 30.9. The van der Waals surface area contributed by atoms with Gasteiger partial charge >= 0.3 is 0 Å². The van der Waals surface area contributed by atoms with Gasteiger partial charge in [-0.3, -0.25) is 9.59 Å². The van der Waals surface area contributed by atoms with E-state index >= 15 is 0 Å². The lowest BCUT2D eigenvalue weighted by Crippen LogP contribution is -2.44. The molecule has 2 aromatic rings. The van der Waals surface area contributed by atoms with E-state index < -0.39 is 0 Å². The Morgan fingerprint density at radius 3 is 2.94 bits per heavy atom. The van der Waals surface area contributed by atoms with Crippen LogP contribution in [0.25, 0.3) is 0 Å². The minimum Gasteiger partial charge on any atom is -0.507 e. The number of carbonyl (C=O) groups excluding carboxylic acids is 2. The number of fused-ring (bicyclic) bond motifs is 5. The Morgan fingerprint density at radius 2 is 2.21 bits per heavy atom. The molecule has 3 unspecified atom stereocenters. The molecular formula is C27H31N3O3S. The lowest BCUT2D eigenvalue weighted by atomic mass is 9.53. The van der Waals surface area contributed by atoms with Crippen molar-refractivity contribution in [2.75, 3.05) is 5.32 Å². The molecule has 0 spiro atoms. The number of benzene rings is 1. The van der Waals surface area contributed by atoms with Crippen LogP contribution in [-0.4, -0.2) is 21.8 Å². The molecule has 2 fully saturated rings. The second-order valence-corrected chi connectivity index (χ2v) is 11.8. The van der Waals surface area contributed by atoms with Crippen molar-refractivity contribution in [1.82, 2.24) is 4.98 Å². The lowest BCUT2D eigenvalue weighted by molar-refractivity contribution is -0.129. The lowest BCUT2D eigenvalue weighted by Gasteiger charge is -2.50. The summed E-state index contributed by atoms with van der Waals surface area (Å²) in [6.45, 7) is 4.13. The molecule has 1 aromatic heterocycles. The van der Waals surface area contributed by atoms with Crippen molar-refractivity contribution in [3.8, 4) is 11.8 Å². The predicted molar refractivity (Wildman–Crippen MR) is 131 cm³/mol. The van der Waals surface area contributed by atoms with Gasteiger partial charge in [0.05, 0.1) is 5.56 Å². The number of hydrogen-bond acceptors (Lipinski definition) is 6. The third-order valence-electron chi connectivity index (χ3n) is 8.69. The molecule has 178 valence electrons. The number of nitriles is 1. The Bertz CT molecular complexity index is 1180. The van der Waals surface area contributed by atoms with Crippen LogP contribution in [0.15, 0.2) is 18.3 Å². The van der Waals surface area contributed by atoms with Crippen LogP contribution in [0.1, 0.15) is 79.4 Å². The zero-order valence-corrected chi connectivity index (χ0v) is 20.6. The Hall–Kier alpha value is -2.72. The van der Waals surface area contributed by atoms with Gasteiger partial charge in [-0.25, -0.2) is 4.98 Å². The van der Waals surface area contributed by atoms with Crippen molar-refractivity contribution in [3.05, 3.63) is 39.9 Å². The first kappa shape index (κ1) is 23.0. The quantitative estimate of drug-likeness (QED) is 0.593. The molecule has 6 nitrogen and oxygen atoms in total. The van der Waals surface area contributed by atoms with E-state index in [9.17, 15) is 20.0 Å². The van der Waals surface area contributed by atoms with Gasteiger partial charge in [-0.05, 0) is 86.3 Å². The molecule has 5 rings (SSSR count). The number of carbonyl (C=O) groups is 2. The molecule has 2 saturated carbocycles. The molecule has 7 heteroatoms. The molecule has 2 N–H and O–H groups in total. The Morgan fingerprint density at radius 1 is 1.38 bits per heavy atom. The Labute approximate surface area is 204 Å². The maximum Gasteiger partial charge on any atom is 0.226 e. The van der Waals surface area contributed by atoms with Crippen LogP contribution in [0.5, 0.6) is 5.75 Å². The molecule has 0 saturated heterocycles. The predicted octanol–water partition coefficient (Wildman–Crippen LogP) is 5.49. The molecule has 0 aliphatic heterocycles. The number of thiazole rings is 1. The maximum absolute atomic E-state index is 13.2. The van der Waals surface area contributed by atoms with Crippen molar-refractivity contribution in [2.24, 2.45) is 23.2 Å². The minimum absolute atomic E-state index is 0.0154. The van der Waals surface area contributed by atoms with E-state index in [2.05, 4.69) is 23.3 Å². The van der Waals surface area contributed by atoms with E-state index in [1.807, 2.05) is 13.0 Å². The van der Waals surface area contributed by atoms with E-state index in [4.69, 9.17) is 0 Å². The highest BCUT2D eigenvalue weighted by molar-refractivity contribution is 7.15. The van der Waals surface area contributed by atoms with Crippen LogP contribution < -0.4 is 5.32 Å². The monoisotopic (exact) mass is 477 g/mol. The van der Waals surface area contributed by atoms with E-state index in [0.29, 0.717) is 53.0 Å². The van der Waals surface area contributed by atoms with Crippen LogP contribution in [0.2, 0.25) is 0 Å². The zero-order chi connectivity index (χ0) is 24.0. The van der Waals surface area contributed by atoms with Gasteiger partial charge in [-0.2, -0.15) is 5.26 Å². The molecule has 5 atom stereocenters. The third kappa shape index (κ3) is 3.82. The topological polar surface area (TPSA) is 103 Å². The van der Waals surface area contributed by atoms with Crippen molar-refractivity contribution in [1.29, 1.82) is 5.26 Å². The van der Waals surface area contributed by atoms with Gasteiger partial charge in [0.25, 0.3) is 0 Å². The van der Waals surface area contributed by atoms with E-state index in [1.165, 1.54) is 16.9 Å². The van der Waals surface area contributed by atoms with E-state index in [0.717, 1.165) is 49.0 Å². The fraction of sp³-hybridized carbons (Fsp3) is 0.556. The summed E-state index contributed by atoms with van der Waals surface area (Å²) < 4.78 is 0. The number of nitrogens with zero attached hydrogens (tertiary/aromatic N) is 2. The minimum atomic E-state index is -0.279. The molecule has 1 aromatic carbocycles. The van der Waals surface area contributed by atoms with Gasteiger partial charge in [0, 0.05) is 29.3 Å². The van der Waals surface area contributed by atoms with Gasteiger partial charge < -0.3 is 10.4 Å². The van der Waals surface area contributed by atoms with Crippen LogP contribution >= 0.6 is 11.3 Å². The number of aromatic nitrogens is 1. The molecular weight excluding hydrogens is 446 g/mol. The molecule has 3 aliphatic rings. The third-order valence-corrected chi connectivity index (χ3v) is 9.52. The molecule has 1 amide bonds. The molecule has 1 heterocycles. The molecule has 34 heavy (non-hydrogen) atoms. The first-order valence-corrected chi connectivity index (χ1v) is 13.1. The molecule has 0 radical (unpaired) electrons. The summed E-state index contributed by atoms with van der Waals surface area (Å²) >= 11 is 1.48. The van der Waals surface area contributed by atoms with Crippen LogP contribution in [0.4, 0.5) is 5.13 Å². The smallest absolute Gasteiger partial charge is 0.226 e. The number of aryl methyl sites for hydroxylation is 1. The van der Waals surface area contributed by atoms with Gasteiger partial charge in [-0.1, -0.05) is 13.0 Å². The Kier molecular flexibility index (Phi) is 5.97. The fourth-order valence-electron chi connectivity index (χ4n) is 7.22. The average Bonchev–Trinajstić information content (AvgIpc) is 3.32. The van der Waals surface area contributed by atoms with E-state index in [-0.39, 0.29) is 17.1 Å². The van der Waals surface area contributed by atoms with Crippen LogP contribution in [0, 0.1) is 41.4 Å². The largest absolute Gasteiger partial charge is 0.507 e. The molecule has 3 aliphatic carbocycles. The number of phenols is 1. The summed E-state index contributed by atoms with van der Waals surface area (Å²) in [5.74, 6) is 1.80.